The number of aromatic nitrogens is 1. The first-order chi connectivity index (χ1) is 15.2. The summed E-state index contributed by atoms with van der Waals surface area (Å²) in [7, 11) is 0. The fourth-order valence-electron chi connectivity index (χ4n) is 3.67. The molecule has 31 heavy (non-hydrogen) atoms. The number of anilines is 1. The molecule has 0 saturated carbocycles. The number of rotatable bonds is 7. The van der Waals surface area contributed by atoms with E-state index in [0.717, 1.165) is 16.8 Å². The monoisotopic (exact) mass is 448 g/mol. The standard InChI is InChI=1S/C26H22Cl2N2O/c27-23-14-21(22-12-7-13-29-25(22)18-31)15-24(28)26(23)30(16-19-8-3-1-4-9-19)17-20-10-5-2-6-11-20/h1-15,31H,16-18H2. The normalized spacial score (nSPS) is 10.8. The lowest BCUT2D eigenvalue weighted by Gasteiger charge is -2.28. The third-order valence-corrected chi connectivity index (χ3v) is 5.69. The van der Waals surface area contributed by atoms with Crippen LogP contribution in [0.15, 0.2) is 91.1 Å². The molecule has 156 valence electrons. The molecule has 4 aromatic rings. The van der Waals surface area contributed by atoms with E-state index < -0.39 is 0 Å². The van der Waals surface area contributed by atoms with Crippen molar-refractivity contribution >= 4 is 28.9 Å². The van der Waals surface area contributed by atoms with Crippen LogP contribution in [0.4, 0.5) is 5.69 Å². The van der Waals surface area contributed by atoms with Gasteiger partial charge in [0.25, 0.3) is 0 Å². The lowest BCUT2D eigenvalue weighted by atomic mass is 10.0. The predicted molar refractivity (Wildman–Crippen MR) is 128 cm³/mol. The molecule has 4 rings (SSSR count). The van der Waals surface area contributed by atoms with Gasteiger partial charge in [-0.15, -0.1) is 0 Å². The maximum Gasteiger partial charge on any atom is 0.0859 e. The smallest absolute Gasteiger partial charge is 0.0859 e. The SMILES string of the molecule is OCc1ncccc1-c1cc(Cl)c(N(Cc2ccccc2)Cc2ccccc2)c(Cl)c1. The Kier molecular flexibility index (Phi) is 6.88. The second-order valence-corrected chi connectivity index (χ2v) is 8.09. The molecular formula is C26H22Cl2N2O. The summed E-state index contributed by atoms with van der Waals surface area (Å²) in [5, 5.41) is 10.8. The van der Waals surface area contributed by atoms with Crippen molar-refractivity contribution in [3.63, 3.8) is 0 Å². The zero-order valence-electron chi connectivity index (χ0n) is 16.9. The fraction of sp³-hybridized carbons (Fsp3) is 0.115. The highest BCUT2D eigenvalue weighted by Crippen LogP contribution is 2.40. The molecule has 3 nitrogen and oxygen atoms in total. The predicted octanol–water partition coefficient (Wildman–Crippen LogP) is 6.75. The first kappa shape index (κ1) is 21.4. The van der Waals surface area contributed by atoms with Crippen LogP contribution in [0.25, 0.3) is 11.1 Å². The molecule has 0 saturated heterocycles. The molecular weight excluding hydrogens is 427 g/mol. The number of aliphatic hydroxyl groups is 1. The van der Waals surface area contributed by atoms with E-state index in [1.807, 2.05) is 60.7 Å². The Morgan fingerprint density at radius 2 is 1.29 bits per heavy atom. The molecule has 1 N–H and O–H groups in total. The highest BCUT2D eigenvalue weighted by Gasteiger charge is 2.18. The minimum atomic E-state index is -0.151. The van der Waals surface area contributed by atoms with Crippen molar-refractivity contribution in [3.05, 3.63) is 118 Å². The van der Waals surface area contributed by atoms with E-state index in [1.54, 1.807) is 6.20 Å². The number of pyridine rings is 1. The molecule has 0 aliphatic carbocycles. The van der Waals surface area contributed by atoms with Gasteiger partial charge in [-0.3, -0.25) is 4.98 Å². The molecule has 0 amide bonds. The number of benzene rings is 3. The quantitative estimate of drug-likeness (QED) is 0.339. The van der Waals surface area contributed by atoms with Gasteiger partial charge in [0, 0.05) is 24.8 Å². The van der Waals surface area contributed by atoms with Crippen LogP contribution in [-0.2, 0) is 19.7 Å². The molecule has 0 aliphatic rings. The van der Waals surface area contributed by atoms with E-state index in [0.29, 0.717) is 28.8 Å². The van der Waals surface area contributed by atoms with E-state index in [-0.39, 0.29) is 6.61 Å². The first-order valence-electron chi connectivity index (χ1n) is 10.0. The van der Waals surface area contributed by atoms with Crippen molar-refractivity contribution in [3.8, 4) is 11.1 Å². The van der Waals surface area contributed by atoms with Gasteiger partial charge in [0.2, 0.25) is 0 Å². The molecule has 1 heterocycles. The average molecular weight is 449 g/mol. The van der Waals surface area contributed by atoms with Gasteiger partial charge in [-0.1, -0.05) is 89.9 Å². The molecule has 0 atom stereocenters. The van der Waals surface area contributed by atoms with Crippen LogP contribution < -0.4 is 4.90 Å². The Hall–Kier alpha value is -2.85. The molecule has 3 aromatic carbocycles. The second kappa shape index (κ2) is 9.97. The molecule has 0 spiro atoms. The zero-order chi connectivity index (χ0) is 21.6. The van der Waals surface area contributed by atoms with Crippen molar-refractivity contribution in [2.24, 2.45) is 0 Å². The van der Waals surface area contributed by atoms with Crippen molar-refractivity contribution in [2.75, 3.05) is 4.90 Å². The largest absolute Gasteiger partial charge is 0.390 e. The third-order valence-electron chi connectivity index (χ3n) is 5.12. The Labute approximate surface area is 192 Å². The minimum Gasteiger partial charge on any atom is -0.390 e. The maximum absolute atomic E-state index is 9.65. The van der Waals surface area contributed by atoms with E-state index in [1.165, 1.54) is 11.1 Å². The van der Waals surface area contributed by atoms with Crippen LogP contribution in [0.5, 0.6) is 0 Å². The fourth-order valence-corrected chi connectivity index (χ4v) is 4.40. The number of hydrogen-bond donors (Lipinski definition) is 1. The van der Waals surface area contributed by atoms with Crippen molar-refractivity contribution in [2.45, 2.75) is 19.7 Å². The van der Waals surface area contributed by atoms with Gasteiger partial charge in [-0.05, 0) is 34.9 Å². The zero-order valence-corrected chi connectivity index (χ0v) is 18.4. The number of hydrogen-bond acceptors (Lipinski definition) is 3. The Balaban J connectivity index is 1.75. The molecule has 0 fully saturated rings. The van der Waals surface area contributed by atoms with Crippen LogP contribution >= 0.6 is 23.2 Å². The van der Waals surface area contributed by atoms with E-state index in [2.05, 4.69) is 34.1 Å². The molecule has 0 radical (unpaired) electrons. The average Bonchev–Trinajstić information content (AvgIpc) is 2.80. The Morgan fingerprint density at radius 3 is 1.81 bits per heavy atom. The summed E-state index contributed by atoms with van der Waals surface area (Å²) in [6.45, 7) is 1.19. The summed E-state index contributed by atoms with van der Waals surface area (Å²) in [6.07, 6.45) is 1.66. The second-order valence-electron chi connectivity index (χ2n) is 7.27. The molecule has 0 unspecified atom stereocenters. The van der Waals surface area contributed by atoms with Gasteiger partial charge < -0.3 is 10.0 Å². The molecule has 0 aliphatic heterocycles. The van der Waals surface area contributed by atoms with Crippen molar-refractivity contribution in [1.29, 1.82) is 0 Å². The Morgan fingerprint density at radius 1 is 0.742 bits per heavy atom. The Bertz CT molecular complexity index is 1090. The highest BCUT2D eigenvalue weighted by atomic mass is 35.5. The summed E-state index contributed by atoms with van der Waals surface area (Å²) < 4.78 is 0. The lowest BCUT2D eigenvalue weighted by molar-refractivity contribution is 0.277. The maximum atomic E-state index is 9.65. The van der Waals surface area contributed by atoms with Crippen molar-refractivity contribution in [1.82, 2.24) is 4.98 Å². The van der Waals surface area contributed by atoms with E-state index in [9.17, 15) is 5.11 Å². The third kappa shape index (κ3) is 5.08. The van der Waals surface area contributed by atoms with Crippen LogP contribution in [0.3, 0.4) is 0 Å². The molecule has 5 heteroatoms. The van der Waals surface area contributed by atoms with Crippen LogP contribution in [0, 0.1) is 0 Å². The van der Waals surface area contributed by atoms with Gasteiger partial charge in [0.1, 0.15) is 0 Å². The number of halogens is 2. The van der Waals surface area contributed by atoms with Gasteiger partial charge in [-0.2, -0.15) is 0 Å². The number of nitrogens with zero attached hydrogens (tertiary/aromatic N) is 2. The summed E-state index contributed by atoms with van der Waals surface area (Å²) in [5.41, 5.74) is 5.37. The number of aliphatic hydroxyl groups excluding tert-OH is 1. The van der Waals surface area contributed by atoms with Gasteiger partial charge >= 0.3 is 0 Å². The van der Waals surface area contributed by atoms with Crippen LogP contribution in [0.1, 0.15) is 16.8 Å². The summed E-state index contributed by atoms with van der Waals surface area (Å²) in [5.74, 6) is 0. The van der Waals surface area contributed by atoms with Crippen LogP contribution in [0.2, 0.25) is 10.0 Å². The van der Waals surface area contributed by atoms with Crippen molar-refractivity contribution < 1.29 is 5.11 Å². The van der Waals surface area contributed by atoms with E-state index in [4.69, 9.17) is 23.2 Å². The lowest BCUT2D eigenvalue weighted by Crippen LogP contribution is -2.23. The highest BCUT2D eigenvalue weighted by molar-refractivity contribution is 6.39. The van der Waals surface area contributed by atoms with E-state index >= 15 is 0 Å². The van der Waals surface area contributed by atoms with Gasteiger partial charge in [0.05, 0.1) is 28.0 Å². The summed E-state index contributed by atoms with van der Waals surface area (Å²) in [4.78, 5) is 6.45. The summed E-state index contributed by atoms with van der Waals surface area (Å²) >= 11 is 13.6. The van der Waals surface area contributed by atoms with Gasteiger partial charge in [0.15, 0.2) is 0 Å². The van der Waals surface area contributed by atoms with Gasteiger partial charge in [-0.25, -0.2) is 0 Å². The first-order valence-corrected chi connectivity index (χ1v) is 10.8. The van der Waals surface area contributed by atoms with Crippen LogP contribution in [-0.4, -0.2) is 10.1 Å². The minimum absolute atomic E-state index is 0.151. The summed E-state index contributed by atoms with van der Waals surface area (Å²) in [6, 6.07) is 28.0. The molecule has 0 bridgehead atoms. The topological polar surface area (TPSA) is 36.4 Å². The molecule has 1 aromatic heterocycles.